The second-order valence-corrected chi connectivity index (χ2v) is 6.31. The molecule has 0 radical (unpaired) electrons. The predicted octanol–water partition coefficient (Wildman–Crippen LogP) is 1.44. The summed E-state index contributed by atoms with van der Waals surface area (Å²) in [5.74, 6) is -0.752. The second-order valence-electron chi connectivity index (χ2n) is 6.31. The van der Waals surface area contributed by atoms with Crippen LogP contribution in [-0.2, 0) is 15.1 Å². The van der Waals surface area contributed by atoms with Crippen LogP contribution in [0.15, 0.2) is 35.4 Å². The number of halogens is 1. The van der Waals surface area contributed by atoms with Crippen molar-refractivity contribution in [3.8, 4) is 0 Å². The van der Waals surface area contributed by atoms with Crippen molar-refractivity contribution in [2.45, 2.75) is 31.4 Å². The molecule has 8 heteroatoms. The van der Waals surface area contributed by atoms with E-state index in [-0.39, 0.29) is 23.2 Å². The number of hydrogen-bond donors (Lipinski definition) is 1. The number of hydrogen-bond acceptors (Lipinski definition) is 4. The number of piperidine rings is 1. The lowest BCUT2D eigenvalue weighted by Gasteiger charge is -2.38. The van der Waals surface area contributed by atoms with E-state index in [1.54, 1.807) is 34.6 Å². The monoisotopic (exact) mass is 348 g/mol. The Morgan fingerprint density at radius 2 is 2.04 bits per heavy atom. The van der Waals surface area contributed by atoms with Gasteiger partial charge in [-0.15, -0.1) is 0 Å². The van der Waals surface area contributed by atoms with Crippen LogP contribution in [0.3, 0.4) is 0 Å². The highest BCUT2D eigenvalue weighted by atomic mass is 19.1. The highest BCUT2D eigenvalue weighted by molar-refractivity contribution is 5.86. The van der Waals surface area contributed by atoms with Gasteiger partial charge in [-0.1, -0.05) is 18.2 Å². The van der Waals surface area contributed by atoms with E-state index in [9.17, 15) is 14.0 Å². The van der Waals surface area contributed by atoms with E-state index in [1.165, 1.54) is 19.5 Å². The van der Waals surface area contributed by atoms with Gasteiger partial charge in [-0.2, -0.15) is 5.10 Å². The van der Waals surface area contributed by atoms with Crippen LogP contribution >= 0.6 is 0 Å². The van der Waals surface area contributed by atoms with Gasteiger partial charge in [-0.25, -0.2) is 14.3 Å². The van der Waals surface area contributed by atoms with Gasteiger partial charge in [-0.05, 0) is 25.8 Å². The summed E-state index contributed by atoms with van der Waals surface area (Å²) in [5.41, 5.74) is -1.42. The number of benzene rings is 1. The van der Waals surface area contributed by atoms with Crippen molar-refractivity contribution in [2.24, 2.45) is 0 Å². The molecule has 1 aromatic carbocycles. The van der Waals surface area contributed by atoms with E-state index >= 15 is 0 Å². The number of carbonyl (C=O) groups is 1. The van der Waals surface area contributed by atoms with E-state index in [1.807, 2.05) is 0 Å². The van der Waals surface area contributed by atoms with Crippen molar-refractivity contribution >= 4 is 5.91 Å². The van der Waals surface area contributed by atoms with Crippen LogP contribution in [0.1, 0.15) is 31.4 Å². The average Bonchev–Trinajstić information content (AvgIpc) is 3.07. The van der Waals surface area contributed by atoms with E-state index in [4.69, 9.17) is 4.74 Å². The molecular formula is C17H21FN4O3. The maximum absolute atomic E-state index is 14.2. The van der Waals surface area contributed by atoms with Gasteiger partial charge in [0, 0.05) is 31.8 Å². The Kier molecular flexibility index (Phi) is 4.71. The third kappa shape index (κ3) is 3.09. The van der Waals surface area contributed by atoms with Gasteiger partial charge in [0.25, 0.3) is 5.91 Å². The first kappa shape index (κ1) is 17.3. The normalized spacial score (nSPS) is 18.1. The minimum atomic E-state index is -1.38. The second kappa shape index (κ2) is 6.79. The van der Waals surface area contributed by atoms with Crippen molar-refractivity contribution in [1.82, 2.24) is 19.7 Å². The molecule has 0 spiro atoms. The number of carbonyl (C=O) groups excluding carboxylic acids is 1. The lowest BCUT2D eigenvalue weighted by molar-refractivity contribution is -0.156. The number of aromatic amines is 1. The van der Waals surface area contributed by atoms with Crippen molar-refractivity contribution in [3.05, 3.63) is 52.5 Å². The molecule has 1 atom stereocenters. The Balaban J connectivity index is 1.76. The molecule has 1 aliphatic rings. The number of methoxy groups -OCH3 is 1. The van der Waals surface area contributed by atoms with E-state index in [0.717, 1.165) is 0 Å². The molecular weight excluding hydrogens is 327 g/mol. The van der Waals surface area contributed by atoms with Crippen molar-refractivity contribution in [1.29, 1.82) is 0 Å². The van der Waals surface area contributed by atoms with Crippen molar-refractivity contribution in [3.63, 3.8) is 0 Å². The van der Waals surface area contributed by atoms with Crippen LogP contribution in [0.25, 0.3) is 0 Å². The van der Waals surface area contributed by atoms with E-state index < -0.39 is 11.4 Å². The van der Waals surface area contributed by atoms with Crippen LogP contribution < -0.4 is 5.69 Å². The summed E-state index contributed by atoms with van der Waals surface area (Å²) in [5, 5.41) is 6.11. The number of ether oxygens (including phenoxy) is 1. The predicted molar refractivity (Wildman–Crippen MR) is 88.5 cm³/mol. The molecule has 0 bridgehead atoms. The minimum absolute atomic E-state index is 0.00226. The molecule has 0 saturated carbocycles. The first-order chi connectivity index (χ1) is 12.0. The average molecular weight is 348 g/mol. The number of aromatic nitrogens is 3. The largest absolute Gasteiger partial charge is 0.364 e. The quantitative estimate of drug-likeness (QED) is 0.907. The van der Waals surface area contributed by atoms with Gasteiger partial charge >= 0.3 is 5.69 Å². The smallest absolute Gasteiger partial charge is 0.343 e. The minimum Gasteiger partial charge on any atom is -0.364 e. The summed E-state index contributed by atoms with van der Waals surface area (Å²) in [6.07, 6.45) is 2.73. The Labute approximate surface area is 144 Å². The fraction of sp³-hybridized carbons (Fsp3) is 0.471. The Bertz CT molecular complexity index is 810. The standard InChI is InChI=1S/C17H21FN4O3/c1-17(25-2,13-5-3-4-6-14(13)18)15(23)21-9-7-12(8-10-21)22-11-19-20-16(22)24/h3-6,11-12H,7-10H2,1-2H3,(H,20,24). The zero-order chi connectivity index (χ0) is 18.0. The lowest BCUT2D eigenvalue weighted by Crippen LogP contribution is -2.50. The van der Waals surface area contributed by atoms with Gasteiger partial charge < -0.3 is 9.64 Å². The molecule has 2 heterocycles. The van der Waals surface area contributed by atoms with Crippen LogP contribution in [-0.4, -0.2) is 45.8 Å². The fourth-order valence-corrected chi connectivity index (χ4v) is 3.33. The van der Waals surface area contributed by atoms with Gasteiger partial charge in [0.15, 0.2) is 5.60 Å². The Morgan fingerprint density at radius 1 is 1.36 bits per heavy atom. The number of likely N-dealkylation sites (tertiary alicyclic amines) is 1. The molecule has 1 aliphatic heterocycles. The summed E-state index contributed by atoms with van der Waals surface area (Å²) >= 11 is 0. The van der Waals surface area contributed by atoms with Gasteiger partial charge in [-0.3, -0.25) is 9.36 Å². The molecule has 7 nitrogen and oxygen atoms in total. The van der Waals surface area contributed by atoms with Crippen LogP contribution in [0.4, 0.5) is 4.39 Å². The number of nitrogens with zero attached hydrogens (tertiary/aromatic N) is 3. The Morgan fingerprint density at radius 3 is 2.60 bits per heavy atom. The fourth-order valence-electron chi connectivity index (χ4n) is 3.33. The molecule has 1 saturated heterocycles. The highest BCUT2D eigenvalue weighted by Gasteiger charge is 2.41. The third-order valence-electron chi connectivity index (χ3n) is 4.93. The SMILES string of the molecule is COC(C)(C(=O)N1CCC(n2cn[nH]c2=O)CC1)c1ccccc1F. The molecule has 1 N–H and O–H groups in total. The van der Waals surface area contributed by atoms with Gasteiger partial charge in [0.2, 0.25) is 0 Å². The summed E-state index contributed by atoms with van der Waals surface area (Å²) < 4.78 is 21.2. The summed E-state index contributed by atoms with van der Waals surface area (Å²) in [7, 11) is 1.40. The summed E-state index contributed by atoms with van der Waals surface area (Å²) in [6.45, 7) is 2.52. The van der Waals surface area contributed by atoms with Gasteiger partial charge in [0.1, 0.15) is 12.1 Å². The zero-order valence-electron chi connectivity index (χ0n) is 14.2. The number of amides is 1. The van der Waals surface area contributed by atoms with Crippen LogP contribution in [0, 0.1) is 5.82 Å². The number of H-pyrrole nitrogens is 1. The molecule has 2 aromatic rings. The molecule has 1 unspecified atom stereocenters. The molecule has 1 fully saturated rings. The van der Waals surface area contributed by atoms with E-state index in [2.05, 4.69) is 10.2 Å². The summed E-state index contributed by atoms with van der Waals surface area (Å²) in [6, 6.07) is 6.14. The maximum Gasteiger partial charge on any atom is 0.343 e. The zero-order valence-corrected chi connectivity index (χ0v) is 14.2. The van der Waals surface area contributed by atoms with E-state index in [0.29, 0.717) is 25.9 Å². The van der Waals surface area contributed by atoms with Crippen molar-refractivity contribution in [2.75, 3.05) is 20.2 Å². The van der Waals surface area contributed by atoms with Crippen molar-refractivity contribution < 1.29 is 13.9 Å². The van der Waals surface area contributed by atoms with Crippen LogP contribution in [0.2, 0.25) is 0 Å². The molecule has 0 aliphatic carbocycles. The third-order valence-corrected chi connectivity index (χ3v) is 4.93. The first-order valence-electron chi connectivity index (χ1n) is 8.18. The lowest BCUT2D eigenvalue weighted by atomic mass is 9.92. The molecule has 25 heavy (non-hydrogen) atoms. The first-order valence-corrected chi connectivity index (χ1v) is 8.18. The van der Waals surface area contributed by atoms with Crippen LogP contribution in [0.5, 0.6) is 0 Å². The molecule has 3 rings (SSSR count). The number of nitrogens with one attached hydrogen (secondary N) is 1. The van der Waals surface area contributed by atoms with Gasteiger partial charge in [0.05, 0.1) is 0 Å². The molecule has 134 valence electrons. The topological polar surface area (TPSA) is 80.2 Å². The number of rotatable bonds is 4. The Hall–Kier alpha value is -2.48. The highest BCUT2D eigenvalue weighted by Crippen LogP contribution is 2.31. The molecule has 1 amide bonds. The molecule has 1 aromatic heterocycles. The maximum atomic E-state index is 14.2. The summed E-state index contributed by atoms with van der Waals surface area (Å²) in [4.78, 5) is 26.3.